The van der Waals surface area contributed by atoms with E-state index in [1.165, 1.54) is 25.7 Å². The van der Waals surface area contributed by atoms with Crippen molar-refractivity contribution in [2.45, 2.75) is 53.4 Å². The Hall–Kier alpha value is -0.300. The van der Waals surface area contributed by atoms with E-state index < -0.39 is 0 Å². The van der Waals surface area contributed by atoms with Crippen molar-refractivity contribution in [1.29, 1.82) is 0 Å². The minimum Gasteiger partial charge on any atom is -0.344 e. The van der Waals surface area contributed by atoms with E-state index in [4.69, 9.17) is 0 Å². The summed E-state index contributed by atoms with van der Waals surface area (Å²) in [7, 11) is 0. The molecule has 0 radical (unpaired) electrons. The number of hydrogen-bond acceptors (Lipinski definition) is 1. The van der Waals surface area contributed by atoms with Crippen LogP contribution in [0, 0.1) is 17.8 Å². The summed E-state index contributed by atoms with van der Waals surface area (Å²) in [5.74, 6) is 2.58. The summed E-state index contributed by atoms with van der Waals surface area (Å²) in [6.07, 6.45) is 7.29. The van der Waals surface area contributed by atoms with Crippen LogP contribution in [-0.2, 0) is 0 Å². The molecular weight excluding hydrogens is 170 g/mol. The normalized spacial score (nSPS) is 10.8. The van der Waals surface area contributed by atoms with Gasteiger partial charge in [0.25, 0.3) is 0 Å². The summed E-state index contributed by atoms with van der Waals surface area (Å²) in [5.41, 5.74) is 0. The zero-order valence-corrected chi connectivity index (χ0v) is 10.6. The topological polar surface area (TPSA) is 35.0 Å². The fraction of sp³-hybridized carbons (Fsp3) is 0.846. The van der Waals surface area contributed by atoms with Crippen molar-refractivity contribution in [3.05, 3.63) is 12.7 Å². The lowest BCUT2D eigenvalue weighted by Gasteiger charge is -2.24. The van der Waals surface area contributed by atoms with Crippen LogP contribution in [0.5, 0.6) is 0 Å². The van der Waals surface area contributed by atoms with Crippen molar-refractivity contribution in [2.24, 2.45) is 17.8 Å². The highest BCUT2D eigenvalue weighted by molar-refractivity contribution is 4.69. The fourth-order valence-corrected chi connectivity index (χ4v) is 2.11. The summed E-state index contributed by atoms with van der Waals surface area (Å²) in [6, 6.07) is 0. The minimum atomic E-state index is 0. The van der Waals surface area contributed by atoms with Crippen LogP contribution in [0.25, 0.3) is 0 Å². The van der Waals surface area contributed by atoms with Crippen LogP contribution in [0.3, 0.4) is 0 Å². The molecular formula is C13H29N. The van der Waals surface area contributed by atoms with Gasteiger partial charge in [0.2, 0.25) is 0 Å². The lowest BCUT2D eigenvalue weighted by molar-refractivity contribution is 0.262. The molecule has 0 aliphatic carbocycles. The largest absolute Gasteiger partial charge is 0.344 e. The molecule has 0 aliphatic rings. The van der Waals surface area contributed by atoms with Crippen molar-refractivity contribution in [3.8, 4) is 0 Å². The van der Waals surface area contributed by atoms with Gasteiger partial charge in [0.15, 0.2) is 0 Å². The Morgan fingerprint density at radius 3 is 1.86 bits per heavy atom. The Morgan fingerprint density at radius 1 is 1.00 bits per heavy atom. The van der Waals surface area contributed by atoms with Gasteiger partial charge < -0.3 is 6.15 Å². The quantitative estimate of drug-likeness (QED) is 0.463. The molecule has 0 aromatic carbocycles. The Kier molecular flexibility index (Phi) is 10.7. The van der Waals surface area contributed by atoms with Gasteiger partial charge in [-0.05, 0) is 37.0 Å². The maximum atomic E-state index is 3.75. The lowest BCUT2D eigenvalue weighted by atomic mass is 9.82. The summed E-state index contributed by atoms with van der Waals surface area (Å²) >= 11 is 0. The summed E-state index contributed by atoms with van der Waals surface area (Å²) in [6.45, 7) is 13.1. The molecule has 3 N–H and O–H groups in total. The first-order valence-electron chi connectivity index (χ1n) is 5.70. The Morgan fingerprint density at radius 2 is 1.50 bits per heavy atom. The first kappa shape index (κ1) is 16.1. The van der Waals surface area contributed by atoms with Gasteiger partial charge in [0.05, 0.1) is 0 Å². The first-order chi connectivity index (χ1) is 6.09. The van der Waals surface area contributed by atoms with Crippen molar-refractivity contribution < 1.29 is 0 Å². The van der Waals surface area contributed by atoms with Crippen molar-refractivity contribution in [1.82, 2.24) is 6.15 Å². The average molecular weight is 199 g/mol. The van der Waals surface area contributed by atoms with Crippen LogP contribution in [0.2, 0.25) is 0 Å². The van der Waals surface area contributed by atoms with E-state index in [9.17, 15) is 0 Å². The van der Waals surface area contributed by atoms with Gasteiger partial charge in [0, 0.05) is 0 Å². The molecule has 0 rings (SSSR count). The van der Waals surface area contributed by atoms with Gasteiger partial charge in [-0.1, -0.05) is 40.2 Å². The predicted molar refractivity (Wildman–Crippen MR) is 66.9 cm³/mol. The molecule has 0 aromatic rings. The monoisotopic (exact) mass is 199 g/mol. The number of rotatable bonds is 7. The molecule has 0 atom stereocenters. The highest BCUT2D eigenvalue weighted by atomic mass is 14.2. The molecule has 0 spiro atoms. The van der Waals surface area contributed by atoms with Crippen molar-refractivity contribution >= 4 is 0 Å². The smallest absolute Gasteiger partial charge is 0.0353 e. The van der Waals surface area contributed by atoms with Gasteiger partial charge >= 0.3 is 0 Å². The number of hydrogen-bond donors (Lipinski definition) is 1. The van der Waals surface area contributed by atoms with Crippen LogP contribution >= 0.6 is 0 Å². The van der Waals surface area contributed by atoms with E-state index in [-0.39, 0.29) is 6.15 Å². The molecule has 14 heavy (non-hydrogen) atoms. The van der Waals surface area contributed by atoms with E-state index in [1.54, 1.807) is 0 Å². The number of unbranched alkanes of at least 4 members (excludes halogenated alkanes) is 2. The lowest BCUT2D eigenvalue weighted by Crippen LogP contribution is -2.15. The molecule has 0 aromatic heterocycles. The molecule has 86 valence electrons. The Bertz CT molecular complexity index is 119. The van der Waals surface area contributed by atoms with Crippen molar-refractivity contribution in [2.75, 3.05) is 0 Å². The van der Waals surface area contributed by atoms with E-state index in [0.29, 0.717) is 0 Å². The second-order valence-electron chi connectivity index (χ2n) is 4.73. The molecule has 0 fully saturated rings. The molecule has 0 aliphatic heterocycles. The van der Waals surface area contributed by atoms with Crippen molar-refractivity contribution in [3.63, 3.8) is 0 Å². The summed E-state index contributed by atoms with van der Waals surface area (Å²) in [5, 5.41) is 0. The van der Waals surface area contributed by atoms with Crippen LogP contribution in [-0.4, -0.2) is 0 Å². The van der Waals surface area contributed by atoms with E-state index in [0.717, 1.165) is 17.8 Å². The fourth-order valence-electron chi connectivity index (χ4n) is 2.11. The highest BCUT2D eigenvalue weighted by Crippen LogP contribution is 2.26. The maximum Gasteiger partial charge on any atom is -0.0353 e. The van der Waals surface area contributed by atoms with E-state index in [2.05, 4.69) is 34.3 Å². The Labute approximate surface area is 90.6 Å². The SMILES string of the molecule is C=CCCCCC(C(C)C)C(C)C.N. The molecule has 0 saturated heterocycles. The second-order valence-corrected chi connectivity index (χ2v) is 4.73. The van der Waals surface area contributed by atoms with Gasteiger partial charge in [-0.15, -0.1) is 6.58 Å². The Balaban J connectivity index is 0. The van der Waals surface area contributed by atoms with Gasteiger partial charge in [-0.2, -0.15) is 0 Å². The minimum absolute atomic E-state index is 0. The van der Waals surface area contributed by atoms with E-state index >= 15 is 0 Å². The molecule has 1 nitrogen and oxygen atoms in total. The highest BCUT2D eigenvalue weighted by Gasteiger charge is 2.16. The van der Waals surface area contributed by atoms with Gasteiger partial charge in [-0.3, -0.25) is 0 Å². The molecule has 0 heterocycles. The molecule has 0 amide bonds. The molecule has 1 heteroatoms. The van der Waals surface area contributed by atoms with Gasteiger partial charge in [-0.25, -0.2) is 0 Å². The molecule has 0 unspecified atom stereocenters. The average Bonchev–Trinajstić information content (AvgIpc) is 2.02. The van der Waals surface area contributed by atoms with Crippen LogP contribution < -0.4 is 6.15 Å². The second kappa shape index (κ2) is 9.26. The third-order valence-electron chi connectivity index (χ3n) is 2.91. The van der Waals surface area contributed by atoms with Crippen LogP contribution in [0.1, 0.15) is 53.4 Å². The van der Waals surface area contributed by atoms with Crippen LogP contribution in [0.4, 0.5) is 0 Å². The third-order valence-corrected chi connectivity index (χ3v) is 2.91. The first-order valence-corrected chi connectivity index (χ1v) is 5.70. The van der Waals surface area contributed by atoms with Crippen LogP contribution in [0.15, 0.2) is 12.7 Å². The molecule has 0 bridgehead atoms. The van der Waals surface area contributed by atoms with E-state index in [1.807, 2.05) is 6.08 Å². The zero-order valence-electron chi connectivity index (χ0n) is 10.6. The summed E-state index contributed by atoms with van der Waals surface area (Å²) < 4.78 is 0. The summed E-state index contributed by atoms with van der Waals surface area (Å²) in [4.78, 5) is 0. The molecule has 0 saturated carbocycles. The predicted octanol–water partition coefficient (Wildman–Crippen LogP) is 4.82. The standard InChI is InChI=1S/C13H26.H3N/c1-6-7-8-9-10-13(11(2)3)12(4)5;/h6,11-13H,1,7-10H2,2-5H3;1H3. The third kappa shape index (κ3) is 7.14. The maximum absolute atomic E-state index is 3.75. The number of allylic oxidation sites excluding steroid dienone is 1. The zero-order chi connectivity index (χ0) is 10.3. The van der Waals surface area contributed by atoms with Gasteiger partial charge in [0.1, 0.15) is 0 Å².